The van der Waals surface area contributed by atoms with Crippen LogP contribution in [0.1, 0.15) is 45.9 Å². The number of fused-ring (bicyclic) bond motifs is 1. The molecule has 0 atom stereocenters. The number of amides is 1. The lowest BCUT2D eigenvalue weighted by molar-refractivity contribution is -0.192. The number of aliphatic carboxylic acids is 1. The number of likely N-dealkylation sites (tertiary alicyclic amines) is 1. The zero-order chi connectivity index (χ0) is 29.9. The van der Waals surface area contributed by atoms with Crippen molar-refractivity contribution in [3.05, 3.63) is 104 Å². The van der Waals surface area contributed by atoms with Crippen molar-refractivity contribution in [3.63, 3.8) is 0 Å². The SMILES string of the molecule is O=C(O)C(F)(F)F.O=C(c1cc(Cc2c[nH]c(=O)c3cc(Cl)c(Cl)n23)ccc1F)N1CCC(c2ccncc2)CC1. The smallest absolute Gasteiger partial charge is 0.475 e. The topological polar surface area (TPSA) is 108 Å². The zero-order valence-corrected chi connectivity index (χ0v) is 22.6. The summed E-state index contributed by atoms with van der Waals surface area (Å²) < 4.78 is 48.0. The summed E-state index contributed by atoms with van der Waals surface area (Å²) in [4.78, 5) is 42.6. The van der Waals surface area contributed by atoms with Crippen LogP contribution in [0.3, 0.4) is 0 Å². The maximum Gasteiger partial charge on any atom is 0.490 e. The molecular formula is C27H22Cl2F4N4O4. The van der Waals surface area contributed by atoms with E-state index in [1.165, 1.54) is 17.7 Å². The van der Waals surface area contributed by atoms with Crippen molar-refractivity contribution in [2.24, 2.45) is 0 Å². The number of alkyl halides is 3. The molecule has 0 bridgehead atoms. The Morgan fingerprint density at radius 2 is 1.71 bits per heavy atom. The zero-order valence-electron chi connectivity index (χ0n) is 21.1. The third-order valence-corrected chi connectivity index (χ3v) is 7.39. The Morgan fingerprint density at radius 3 is 2.32 bits per heavy atom. The van der Waals surface area contributed by atoms with Gasteiger partial charge >= 0.3 is 12.1 Å². The Morgan fingerprint density at radius 1 is 1.07 bits per heavy atom. The van der Waals surface area contributed by atoms with Crippen LogP contribution in [0.25, 0.3) is 5.52 Å². The molecule has 41 heavy (non-hydrogen) atoms. The van der Waals surface area contributed by atoms with E-state index in [-0.39, 0.29) is 27.2 Å². The minimum absolute atomic E-state index is 0.0390. The first-order valence-electron chi connectivity index (χ1n) is 12.2. The van der Waals surface area contributed by atoms with Gasteiger partial charge in [-0.15, -0.1) is 0 Å². The molecular weight excluding hydrogens is 591 g/mol. The highest BCUT2D eigenvalue weighted by atomic mass is 35.5. The molecule has 3 aromatic heterocycles. The monoisotopic (exact) mass is 612 g/mol. The van der Waals surface area contributed by atoms with E-state index in [2.05, 4.69) is 9.97 Å². The summed E-state index contributed by atoms with van der Waals surface area (Å²) in [6, 6.07) is 10.0. The van der Waals surface area contributed by atoms with E-state index < -0.39 is 18.0 Å². The predicted octanol–water partition coefficient (Wildman–Crippen LogP) is 5.71. The van der Waals surface area contributed by atoms with Crippen molar-refractivity contribution >= 4 is 40.6 Å². The minimum Gasteiger partial charge on any atom is -0.475 e. The minimum atomic E-state index is -5.08. The molecule has 216 valence electrons. The van der Waals surface area contributed by atoms with E-state index in [0.29, 0.717) is 42.2 Å². The number of benzene rings is 1. The molecule has 4 heterocycles. The van der Waals surface area contributed by atoms with Gasteiger partial charge in [0.1, 0.15) is 16.5 Å². The quantitative estimate of drug-likeness (QED) is 0.287. The largest absolute Gasteiger partial charge is 0.490 e. The van der Waals surface area contributed by atoms with Crippen molar-refractivity contribution in [1.82, 2.24) is 19.3 Å². The van der Waals surface area contributed by atoms with Gasteiger partial charge in [-0.2, -0.15) is 13.2 Å². The number of aromatic amines is 1. The second-order valence-corrected chi connectivity index (χ2v) is 10.0. The first kappa shape index (κ1) is 30.1. The summed E-state index contributed by atoms with van der Waals surface area (Å²) in [6.45, 7) is 1.13. The molecule has 0 radical (unpaired) electrons. The van der Waals surface area contributed by atoms with Crippen molar-refractivity contribution in [2.45, 2.75) is 31.4 Å². The second-order valence-electron chi connectivity index (χ2n) is 9.25. The van der Waals surface area contributed by atoms with Crippen molar-refractivity contribution in [1.29, 1.82) is 0 Å². The van der Waals surface area contributed by atoms with E-state index in [1.807, 2.05) is 12.1 Å². The predicted molar refractivity (Wildman–Crippen MR) is 143 cm³/mol. The van der Waals surface area contributed by atoms with E-state index in [4.69, 9.17) is 33.1 Å². The summed E-state index contributed by atoms with van der Waals surface area (Å²) in [5.74, 6) is -3.27. The van der Waals surface area contributed by atoms with Crippen molar-refractivity contribution in [3.8, 4) is 0 Å². The first-order valence-corrected chi connectivity index (χ1v) is 13.0. The first-order chi connectivity index (χ1) is 19.4. The average Bonchev–Trinajstić information content (AvgIpc) is 3.26. The van der Waals surface area contributed by atoms with Crippen LogP contribution in [0.15, 0.2) is 59.8 Å². The van der Waals surface area contributed by atoms with Crippen LogP contribution in [-0.2, 0) is 11.2 Å². The molecule has 0 aliphatic carbocycles. The molecule has 0 spiro atoms. The van der Waals surface area contributed by atoms with E-state index in [0.717, 1.165) is 12.8 Å². The number of carboxylic acid groups (broad SMARTS) is 1. The number of pyridine rings is 1. The summed E-state index contributed by atoms with van der Waals surface area (Å²) in [7, 11) is 0. The fraction of sp³-hybridized carbons (Fsp3) is 0.259. The van der Waals surface area contributed by atoms with E-state index in [1.54, 1.807) is 40.0 Å². The molecule has 1 aliphatic rings. The lowest BCUT2D eigenvalue weighted by Crippen LogP contribution is -2.38. The number of piperidine rings is 1. The van der Waals surface area contributed by atoms with Crippen LogP contribution >= 0.6 is 23.2 Å². The number of carboxylic acids is 1. The van der Waals surface area contributed by atoms with Crippen LogP contribution in [0.2, 0.25) is 10.2 Å². The number of hydrogen-bond donors (Lipinski definition) is 2. The third-order valence-electron chi connectivity index (χ3n) is 6.64. The number of H-pyrrole nitrogens is 1. The maximum atomic E-state index is 14.7. The molecule has 14 heteroatoms. The molecule has 1 amide bonds. The van der Waals surface area contributed by atoms with Crippen LogP contribution in [0.4, 0.5) is 17.6 Å². The number of nitrogens with zero attached hydrogens (tertiary/aromatic N) is 3. The lowest BCUT2D eigenvalue weighted by Gasteiger charge is -2.32. The molecule has 8 nitrogen and oxygen atoms in total. The molecule has 1 saturated heterocycles. The van der Waals surface area contributed by atoms with Gasteiger partial charge in [0.25, 0.3) is 11.5 Å². The van der Waals surface area contributed by atoms with Gasteiger partial charge in [0.15, 0.2) is 0 Å². The van der Waals surface area contributed by atoms with Gasteiger partial charge in [-0.1, -0.05) is 29.3 Å². The lowest BCUT2D eigenvalue weighted by atomic mass is 9.90. The number of aromatic nitrogens is 3. The fourth-order valence-corrected chi connectivity index (χ4v) is 5.04. The number of hydrogen-bond acceptors (Lipinski definition) is 4. The van der Waals surface area contributed by atoms with Crippen LogP contribution in [0, 0.1) is 5.82 Å². The van der Waals surface area contributed by atoms with Gasteiger partial charge in [-0.25, -0.2) is 9.18 Å². The standard InChI is InChI=1S/C25H21Cl2FN4O2.C2HF3O2/c26-20-13-22-24(33)30-14-18(32(22)23(20)27)11-15-1-2-21(28)19(12-15)25(34)31-9-5-17(6-10-31)16-3-7-29-8-4-16;3-2(4,5)1(6)7/h1-4,7-8,12-14,17H,5-6,9-11H2,(H,30,33);(H,6,7). The Labute approximate surface area is 240 Å². The van der Waals surface area contributed by atoms with Crippen LogP contribution in [-0.4, -0.2) is 55.5 Å². The number of carbonyl (C=O) groups excluding carboxylic acids is 1. The highest BCUT2D eigenvalue weighted by molar-refractivity contribution is 6.42. The Hall–Kier alpha value is -3.90. The van der Waals surface area contributed by atoms with E-state index in [9.17, 15) is 27.2 Å². The number of halogens is 6. The van der Waals surface area contributed by atoms with Gasteiger partial charge in [0.05, 0.1) is 10.6 Å². The van der Waals surface area contributed by atoms with Gasteiger partial charge in [-0.05, 0) is 60.2 Å². The van der Waals surface area contributed by atoms with Crippen LogP contribution < -0.4 is 5.56 Å². The molecule has 1 aliphatic heterocycles. The van der Waals surface area contributed by atoms with E-state index >= 15 is 0 Å². The fourth-order valence-electron chi connectivity index (χ4n) is 4.60. The molecule has 1 aromatic carbocycles. The third kappa shape index (κ3) is 6.88. The summed E-state index contributed by atoms with van der Waals surface area (Å²) in [6.07, 6.45) is 1.98. The number of carbonyl (C=O) groups is 2. The van der Waals surface area contributed by atoms with Gasteiger partial charge < -0.3 is 15.0 Å². The molecule has 0 unspecified atom stereocenters. The van der Waals surface area contributed by atoms with Gasteiger partial charge in [0, 0.05) is 43.8 Å². The highest BCUT2D eigenvalue weighted by Gasteiger charge is 2.38. The second kappa shape index (κ2) is 12.3. The van der Waals surface area contributed by atoms with Gasteiger partial charge in [-0.3, -0.25) is 19.0 Å². The Kier molecular flexibility index (Phi) is 9.03. The highest BCUT2D eigenvalue weighted by Crippen LogP contribution is 2.29. The van der Waals surface area contributed by atoms with Gasteiger partial charge in [0.2, 0.25) is 0 Å². The summed E-state index contributed by atoms with van der Waals surface area (Å²) >= 11 is 12.4. The van der Waals surface area contributed by atoms with Crippen molar-refractivity contribution in [2.75, 3.05) is 13.1 Å². The number of nitrogens with one attached hydrogen (secondary N) is 1. The average molecular weight is 613 g/mol. The summed E-state index contributed by atoms with van der Waals surface area (Å²) in [5.41, 5.74) is 2.63. The van der Waals surface area contributed by atoms with Crippen molar-refractivity contribution < 1.29 is 32.3 Å². The number of rotatable bonds is 4. The maximum absolute atomic E-state index is 14.7. The summed E-state index contributed by atoms with van der Waals surface area (Å²) in [5, 5.41) is 7.62. The Balaban J connectivity index is 0.000000493. The molecule has 2 N–H and O–H groups in total. The molecule has 5 rings (SSSR count). The van der Waals surface area contributed by atoms with Crippen LogP contribution in [0.5, 0.6) is 0 Å². The molecule has 1 fully saturated rings. The molecule has 0 saturated carbocycles. The molecule has 4 aromatic rings. The normalized spacial score (nSPS) is 14.0. The Bertz CT molecular complexity index is 1630.